The van der Waals surface area contributed by atoms with E-state index >= 15 is 0 Å². The zero-order valence-electron chi connectivity index (χ0n) is 9.69. The van der Waals surface area contributed by atoms with Gasteiger partial charge in [-0.2, -0.15) is 0 Å². The fraction of sp³-hybridized carbons (Fsp3) is 0.0588. The lowest BCUT2D eigenvalue weighted by Gasteiger charge is -2.23. The topological polar surface area (TPSA) is 0 Å². The number of allylic oxidation sites excluding steroid dienone is 3. The van der Waals surface area contributed by atoms with Crippen molar-refractivity contribution < 1.29 is 0 Å². The Hall–Kier alpha value is -2.08. The summed E-state index contributed by atoms with van der Waals surface area (Å²) < 4.78 is 0. The van der Waals surface area contributed by atoms with Crippen molar-refractivity contribution in [3.8, 4) is 0 Å². The first-order valence-corrected chi connectivity index (χ1v) is 5.83. The summed E-state index contributed by atoms with van der Waals surface area (Å²) >= 11 is 0. The molecule has 0 heterocycles. The highest BCUT2D eigenvalue weighted by Gasteiger charge is 2.19. The van der Waals surface area contributed by atoms with Crippen LogP contribution in [-0.4, -0.2) is 0 Å². The van der Waals surface area contributed by atoms with Crippen LogP contribution in [0.2, 0.25) is 0 Å². The van der Waals surface area contributed by atoms with Gasteiger partial charge in [0.1, 0.15) is 0 Å². The molecule has 0 heteroatoms. The Bertz CT molecular complexity index is 639. The highest BCUT2D eigenvalue weighted by atomic mass is 14.2. The molecule has 2 aromatic rings. The molecule has 0 aromatic heterocycles. The molecule has 1 aliphatic carbocycles. The van der Waals surface area contributed by atoms with Crippen LogP contribution >= 0.6 is 0 Å². The molecule has 0 fully saturated rings. The van der Waals surface area contributed by atoms with E-state index in [0.29, 0.717) is 0 Å². The van der Waals surface area contributed by atoms with Gasteiger partial charge in [0.25, 0.3) is 0 Å². The smallest absolute Gasteiger partial charge is 0.0273 e. The van der Waals surface area contributed by atoms with Crippen molar-refractivity contribution in [3.63, 3.8) is 0 Å². The predicted molar refractivity (Wildman–Crippen MR) is 75.1 cm³/mol. The van der Waals surface area contributed by atoms with Gasteiger partial charge in [-0.3, -0.25) is 0 Å². The summed E-state index contributed by atoms with van der Waals surface area (Å²) in [4.78, 5) is 0. The van der Waals surface area contributed by atoms with Crippen molar-refractivity contribution in [2.45, 2.75) is 5.92 Å². The zero-order valence-corrected chi connectivity index (χ0v) is 9.69. The number of hydrogen-bond donors (Lipinski definition) is 0. The summed E-state index contributed by atoms with van der Waals surface area (Å²) in [5, 5.41) is 2.65. The monoisotopic (exact) mass is 218 g/mol. The highest BCUT2D eigenvalue weighted by Crippen LogP contribution is 2.39. The van der Waals surface area contributed by atoms with Crippen LogP contribution in [0.25, 0.3) is 16.8 Å². The number of rotatable bonds is 2. The third kappa shape index (κ3) is 1.38. The molecule has 0 spiro atoms. The molecule has 0 amide bonds. The second-order valence-corrected chi connectivity index (χ2v) is 4.35. The fourth-order valence-electron chi connectivity index (χ4n) is 2.68. The fourth-order valence-corrected chi connectivity index (χ4v) is 2.68. The third-order valence-electron chi connectivity index (χ3n) is 3.46. The number of hydrogen-bond acceptors (Lipinski definition) is 0. The van der Waals surface area contributed by atoms with Crippen LogP contribution in [0.3, 0.4) is 0 Å². The van der Waals surface area contributed by atoms with Crippen LogP contribution < -0.4 is 0 Å². The van der Waals surface area contributed by atoms with Gasteiger partial charge in [0.05, 0.1) is 0 Å². The normalized spacial score (nSPS) is 17.6. The Kier molecular flexibility index (Phi) is 2.22. The van der Waals surface area contributed by atoms with Gasteiger partial charge in [0.2, 0.25) is 0 Å². The van der Waals surface area contributed by atoms with E-state index in [1.54, 1.807) is 0 Å². The molecule has 17 heavy (non-hydrogen) atoms. The van der Waals surface area contributed by atoms with Crippen molar-refractivity contribution in [1.82, 2.24) is 0 Å². The van der Waals surface area contributed by atoms with Gasteiger partial charge >= 0.3 is 0 Å². The van der Waals surface area contributed by atoms with Crippen molar-refractivity contribution in [3.05, 3.63) is 78.4 Å². The molecule has 0 aliphatic heterocycles. The van der Waals surface area contributed by atoms with E-state index in [1.165, 1.54) is 27.5 Å². The summed E-state index contributed by atoms with van der Waals surface area (Å²) in [6.45, 7) is 7.86. The average molecular weight is 218 g/mol. The van der Waals surface area contributed by atoms with Crippen LogP contribution in [0.15, 0.2) is 67.3 Å². The maximum absolute atomic E-state index is 3.95. The predicted octanol–water partition coefficient (Wildman–Crippen LogP) is 4.69. The summed E-state index contributed by atoms with van der Waals surface area (Å²) in [6, 6.07) is 12.9. The van der Waals surface area contributed by atoms with Crippen LogP contribution in [-0.2, 0) is 0 Å². The molecule has 0 saturated carbocycles. The summed E-state index contributed by atoms with van der Waals surface area (Å²) in [6.07, 6.45) is 6.15. The first-order valence-electron chi connectivity index (χ1n) is 5.83. The Labute approximate surface area is 102 Å². The minimum absolute atomic E-state index is 0.270. The van der Waals surface area contributed by atoms with E-state index in [-0.39, 0.29) is 5.92 Å². The van der Waals surface area contributed by atoms with Crippen molar-refractivity contribution in [2.24, 2.45) is 0 Å². The van der Waals surface area contributed by atoms with E-state index in [2.05, 4.69) is 55.6 Å². The molecular formula is C17H14. The second-order valence-electron chi connectivity index (χ2n) is 4.35. The average Bonchev–Trinajstić information content (AvgIpc) is 2.39. The Balaban J connectivity index is 2.44. The maximum atomic E-state index is 3.95. The quantitative estimate of drug-likeness (QED) is 0.641. The van der Waals surface area contributed by atoms with E-state index in [1.807, 2.05) is 12.2 Å². The van der Waals surface area contributed by atoms with Crippen molar-refractivity contribution >= 4 is 16.8 Å². The molecule has 3 rings (SSSR count). The molecule has 0 N–H and O–H groups in total. The standard InChI is InChI=1S/C17H14/c1-3-12-11-14-9-5-7-13-8-6-10-16(17(13)14)15(12)4-2/h3-11,15H,1-2H2. The number of benzene rings is 2. The molecule has 82 valence electrons. The van der Waals surface area contributed by atoms with Crippen LogP contribution in [0.4, 0.5) is 0 Å². The zero-order chi connectivity index (χ0) is 11.8. The molecule has 0 saturated heterocycles. The van der Waals surface area contributed by atoms with Crippen LogP contribution in [0.1, 0.15) is 17.0 Å². The van der Waals surface area contributed by atoms with Gasteiger partial charge in [-0.1, -0.05) is 61.2 Å². The van der Waals surface area contributed by atoms with Gasteiger partial charge in [-0.25, -0.2) is 0 Å². The van der Waals surface area contributed by atoms with E-state index in [9.17, 15) is 0 Å². The van der Waals surface area contributed by atoms with Gasteiger partial charge in [-0.05, 0) is 27.5 Å². The molecule has 2 aromatic carbocycles. The summed E-state index contributed by atoms with van der Waals surface area (Å²) in [7, 11) is 0. The van der Waals surface area contributed by atoms with Gasteiger partial charge in [0, 0.05) is 5.92 Å². The Morgan fingerprint density at radius 1 is 1.00 bits per heavy atom. The van der Waals surface area contributed by atoms with E-state index < -0.39 is 0 Å². The van der Waals surface area contributed by atoms with Crippen molar-refractivity contribution in [2.75, 3.05) is 0 Å². The first kappa shape index (κ1) is 10.1. The van der Waals surface area contributed by atoms with Crippen molar-refractivity contribution in [1.29, 1.82) is 0 Å². The molecule has 0 nitrogen and oxygen atoms in total. The molecule has 1 atom stereocenters. The minimum atomic E-state index is 0.270. The Morgan fingerprint density at radius 2 is 1.76 bits per heavy atom. The lowest BCUT2D eigenvalue weighted by Crippen LogP contribution is -2.03. The molecular weight excluding hydrogens is 204 g/mol. The molecule has 1 aliphatic rings. The lowest BCUT2D eigenvalue weighted by molar-refractivity contribution is 1.05. The summed E-state index contributed by atoms with van der Waals surface area (Å²) in [5.41, 5.74) is 3.85. The summed E-state index contributed by atoms with van der Waals surface area (Å²) in [5.74, 6) is 0.270. The van der Waals surface area contributed by atoms with E-state index in [4.69, 9.17) is 0 Å². The maximum Gasteiger partial charge on any atom is 0.0273 e. The van der Waals surface area contributed by atoms with Crippen LogP contribution in [0.5, 0.6) is 0 Å². The van der Waals surface area contributed by atoms with Gasteiger partial charge in [0.15, 0.2) is 0 Å². The SMILES string of the molecule is C=CC1=Cc2cccc3cccc(c23)C1C=C. The largest absolute Gasteiger partial charge is 0.102 e. The van der Waals surface area contributed by atoms with Gasteiger partial charge in [-0.15, -0.1) is 6.58 Å². The lowest BCUT2D eigenvalue weighted by atomic mass is 9.81. The first-order chi connectivity index (χ1) is 8.35. The molecule has 0 bridgehead atoms. The Morgan fingerprint density at radius 3 is 2.47 bits per heavy atom. The third-order valence-corrected chi connectivity index (χ3v) is 3.46. The van der Waals surface area contributed by atoms with Crippen LogP contribution in [0, 0.1) is 0 Å². The minimum Gasteiger partial charge on any atom is -0.102 e. The molecule has 0 radical (unpaired) electrons. The van der Waals surface area contributed by atoms with E-state index in [0.717, 1.165) is 0 Å². The van der Waals surface area contributed by atoms with Gasteiger partial charge < -0.3 is 0 Å². The second kappa shape index (κ2) is 3.74. The highest BCUT2D eigenvalue weighted by molar-refractivity contribution is 5.97. The molecule has 1 unspecified atom stereocenters.